The molecule has 0 saturated heterocycles. The van der Waals surface area contributed by atoms with Gasteiger partial charge in [-0.3, -0.25) is 9.59 Å². The number of aromatic nitrogens is 3. The summed E-state index contributed by atoms with van der Waals surface area (Å²) >= 11 is 5.91. The Balaban J connectivity index is 2.40. The first-order valence-corrected chi connectivity index (χ1v) is 6.89. The van der Waals surface area contributed by atoms with E-state index in [1.807, 2.05) is 0 Å². The first-order chi connectivity index (χ1) is 10.4. The number of pyridine rings is 1. The van der Waals surface area contributed by atoms with E-state index in [4.69, 9.17) is 16.7 Å². The van der Waals surface area contributed by atoms with Gasteiger partial charge in [0.1, 0.15) is 0 Å². The van der Waals surface area contributed by atoms with Gasteiger partial charge >= 0.3 is 5.97 Å². The molecule has 2 N–H and O–H groups in total. The number of halogens is 1. The molecular weight excluding hydrogens is 310 g/mol. The van der Waals surface area contributed by atoms with Gasteiger partial charge in [0.05, 0.1) is 28.4 Å². The van der Waals surface area contributed by atoms with Crippen LogP contribution in [0.3, 0.4) is 0 Å². The van der Waals surface area contributed by atoms with Crippen LogP contribution in [0.1, 0.15) is 12.1 Å². The second kappa shape index (κ2) is 5.03. The van der Waals surface area contributed by atoms with Crippen molar-refractivity contribution in [1.82, 2.24) is 14.5 Å². The quantitative estimate of drug-likeness (QED) is 0.717. The third-order valence-electron chi connectivity index (χ3n) is 3.52. The molecule has 7 nitrogen and oxygen atoms in total. The van der Waals surface area contributed by atoms with E-state index in [2.05, 4.69) is 5.10 Å². The first kappa shape index (κ1) is 14.4. The van der Waals surface area contributed by atoms with E-state index in [0.29, 0.717) is 16.2 Å². The van der Waals surface area contributed by atoms with Crippen LogP contribution in [0.15, 0.2) is 23.0 Å². The number of fused-ring (bicyclic) bond motifs is 2. The van der Waals surface area contributed by atoms with Crippen LogP contribution in [-0.4, -0.2) is 30.8 Å². The van der Waals surface area contributed by atoms with Crippen molar-refractivity contribution in [2.75, 3.05) is 0 Å². The number of aryl methyl sites for hydroxylation is 2. The van der Waals surface area contributed by atoms with Crippen molar-refractivity contribution >= 4 is 39.5 Å². The van der Waals surface area contributed by atoms with Crippen LogP contribution in [0.2, 0.25) is 5.02 Å². The second-order valence-corrected chi connectivity index (χ2v) is 5.40. The number of nitrogens with zero attached hydrogens (tertiary/aromatic N) is 3. The largest absolute Gasteiger partial charge is 0.481 e. The van der Waals surface area contributed by atoms with Gasteiger partial charge in [-0.05, 0) is 18.2 Å². The van der Waals surface area contributed by atoms with E-state index >= 15 is 0 Å². The van der Waals surface area contributed by atoms with E-state index in [9.17, 15) is 14.8 Å². The zero-order valence-electron chi connectivity index (χ0n) is 11.6. The molecule has 22 heavy (non-hydrogen) atoms. The Labute approximate surface area is 128 Å². The summed E-state index contributed by atoms with van der Waals surface area (Å²) in [5.74, 6) is -0.980. The van der Waals surface area contributed by atoms with Gasteiger partial charge in [-0.2, -0.15) is 9.83 Å². The molecule has 0 atom stereocenters. The van der Waals surface area contributed by atoms with Gasteiger partial charge in [0, 0.05) is 18.5 Å². The maximum atomic E-state index is 12.7. The van der Waals surface area contributed by atoms with Gasteiger partial charge in [-0.15, -0.1) is 0 Å². The molecule has 0 spiro atoms. The molecule has 0 bridgehead atoms. The molecule has 3 aromatic rings. The summed E-state index contributed by atoms with van der Waals surface area (Å²) in [6.45, 7) is 0. The van der Waals surface area contributed by atoms with Crippen LogP contribution in [0.5, 0.6) is 0 Å². The zero-order valence-corrected chi connectivity index (χ0v) is 12.3. The Morgan fingerprint density at radius 3 is 2.82 bits per heavy atom. The van der Waals surface area contributed by atoms with Crippen LogP contribution < -0.4 is 5.43 Å². The number of carboxylic acids is 1. The summed E-state index contributed by atoms with van der Waals surface area (Å²) in [5.41, 5.74) is 0.552. The molecular formula is C14H12ClN3O4. The molecule has 0 saturated carbocycles. The summed E-state index contributed by atoms with van der Waals surface area (Å²) in [5, 5.41) is 24.2. The van der Waals surface area contributed by atoms with Crippen LogP contribution in [-0.2, 0) is 18.3 Å². The van der Waals surface area contributed by atoms with Crippen molar-refractivity contribution in [2.45, 2.75) is 12.8 Å². The number of aliphatic carboxylic acids is 1. The molecule has 0 fully saturated rings. The minimum absolute atomic E-state index is 0.105. The van der Waals surface area contributed by atoms with E-state index in [1.54, 1.807) is 19.2 Å². The fourth-order valence-electron chi connectivity index (χ4n) is 2.57. The van der Waals surface area contributed by atoms with Gasteiger partial charge in [0.25, 0.3) is 0 Å². The summed E-state index contributed by atoms with van der Waals surface area (Å²) in [6.07, 6.45) is -0.0431. The Hall–Kier alpha value is -2.54. The third kappa shape index (κ3) is 2.10. The predicted octanol–water partition coefficient (Wildman–Crippen LogP) is 1.80. The van der Waals surface area contributed by atoms with Crippen molar-refractivity contribution in [3.05, 3.63) is 39.1 Å². The smallest absolute Gasteiger partial charge is 0.303 e. The van der Waals surface area contributed by atoms with Gasteiger partial charge < -0.3 is 10.3 Å². The Kier molecular flexibility index (Phi) is 3.29. The lowest BCUT2D eigenvalue weighted by Gasteiger charge is -2.07. The van der Waals surface area contributed by atoms with Crippen LogP contribution in [0, 0.1) is 0 Å². The van der Waals surface area contributed by atoms with E-state index < -0.39 is 5.97 Å². The highest BCUT2D eigenvalue weighted by molar-refractivity contribution is 6.31. The lowest BCUT2D eigenvalue weighted by Crippen LogP contribution is -2.11. The highest BCUT2D eigenvalue weighted by atomic mass is 35.5. The number of hydrogen-bond acceptors (Lipinski definition) is 4. The van der Waals surface area contributed by atoms with Crippen molar-refractivity contribution in [3.63, 3.8) is 0 Å². The number of rotatable bonds is 3. The summed E-state index contributed by atoms with van der Waals surface area (Å²) < 4.78 is 2.24. The molecule has 0 unspecified atom stereocenters. The molecule has 0 aliphatic carbocycles. The zero-order chi connectivity index (χ0) is 16.0. The van der Waals surface area contributed by atoms with Gasteiger partial charge in [-0.1, -0.05) is 11.6 Å². The van der Waals surface area contributed by atoms with Crippen LogP contribution in [0.4, 0.5) is 0 Å². The Morgan fingerprint density at radius 2 is 2.14 bits per heavy atom. The fraction of sp³-hybridized carbons (Fsp3) is 0.214. The first-order valence-electron chi connectivity index (χ1n) is 6.51. The molecule has 8 heteroatoms. The predicted molar refractivity (Wildman–Crippen MR) is 80.6 cm³/mol. The number of benzene rings is 1. The molecule has 2 aromatic heterocycles. The Bertz CT molecular complexity index is 974. The summed E-state index contributed by atoms with van der Waals surface area (Å²) in [4.78, 5) is 23.4. The highest BCUT2D eigenvalue weighted by Crippen LogP contribution is 2.23. The molecule has 0 aliphatic heterocycles. The van der Waals surface area contributed by atoms with Crippen LogP contribution in [0.25, 0.3) is 21.9 Å². The SMILES string of the molecule is Cn1nc(CCC(=O)O)c2c(=O)c3cc(Cl)ccc3n(O)c21. The van der Waals surface area contributed by atoms with E-state index in [0.717, 1.165) is 4.73 Å². The molecule has 2 heterocycles. The fourth-order valence-corrected chi connectivity index (χ4v) is 2.74. The standard InChI is InChI=1S/C14H12ClN3O4/c1-17-14-12(9(16-17)3-5-11(19)20)13(21)8-6-7(15)2-4-10(8)18(14)22/h2,4,6,22H,3,5H2,1H3,(H,19,20). The lowest BCUT2D eigenvalue weighted by atomic mass is 10.1. The molecule has 0 radical (unpaired) electrons. The maximum Gasteiger partial charge on any atom is 0.303 e. The van der Waals surface area contributed by atoms with Crippen LogP contribution >= 0.6 is 11.6 Å². The van der Waals surface area contributed by atoms with Crippen molar-refractivity contribution in [3.8, 4) is 0 Å². The normalized spacial score (nSPS) is 11.4. The topological polar surface area (TPSA) is 97.4 Å². The molecule has 114 valence electrons. The third-order valence-corrected chi connectivity index (χ3v) is 3.76. The average molecular weight is 322 g/mol. The second-order valence-electron chi connectivity index (χ2n) is 4.97. The monoisotopic (exact) mass is 321 g/mol. The number of hydrogen-bond donors (Lipinski definition) is 2. The van der Waals surface area contributed by atoms with E-state index in [1.165, 1.54) is 10.7 Å². The van der Waals surface area contributed by atoms with Crippen molar-refractivity contribution in [1.29, 1.82) is 0 Å². The lowest BCUT2D eigenvalue weighted by molar-refractivity contribution is -0.136. The average Bonchev–Trinajstić information content (AvgIpc) is 2.79. The van der Waals surface area contributed by atoms with Crippen molar-refractivity contribution < 1.29 is 15.1 Å². The van der Waals surface area contributed by atoms with Gasteiger partial charge in [0.2, 0.25) is 5.43 Å². The minimum atomic E-state index is -0.980. The van der Waals surface area contributed by atoms with Gasteiger partial charge in [-0.25, -0.2) is 4.68 Å². The maximum absolute atomic E-state index is 12.7. The number of carboxylic acid groups (broad SMARTS) is 1. The number of carbonyl (C=O) groups is 1. The molecule has 0 amide bonds. The highest BCUT2D eigenvalue weighted by Gasteiger charge is 2.19. The molecule has 1 aromatic carbocycles. The Morgan fingerprint density at radius 1 is 1.41 bits per heavy atom. The van der Waals surface area contributed by atoms with E-state index in [-0.39, 0.29) is 34.7 Å². The molecule has 0 aliphatic rings. The molecule has 3 rings (SSSR count). The summed E-state index contributed by atoms with van der Waals surface area (Å²) in [7, 11) is 1.58. The minimum Gasteiger partial charge on any atom is -0.481 e. The summed E-state index contributed by atoms with van der Waals surface area (Å²) in [6, 6.07) is 4.59. The van der Waals surface area contributed by atoms with Gasteiger partial charge in [0.15, 0.2) is 5.65 Å². The van der Waals surface area contributed by atoms with Crippen molar-refractivity contribution in [2.24, 2.45) is 7.05 Å².